The molecule has 0 saturated carbocycles. The van der Waals surface area contributed by atoms with Crippen LogP contribution < -0.4 is 9.64 Å². The molecule has 4 aromatic rings. The first-order valence-electron chi connectivity index (χ1n) is 9.29. The van der Waals surface area contributed by atoms with Gasteiger partial charge in [-0.05, 0) is 48.9 Å². The average molecular weight is 406 g/mol. The van der Waals surface area contributed by atoms with Crippen molar-refractivity contribution in [2.75, 3.05) is 11.5 Å². The zero-order chi connectivity index (χ0) is 20.2. The molecule has 146 valence electrons. The van der Waals surface area contributed by atoms with Gasteiger partial charge >= 0.3 is 0 Å². The summed E-state index contributed by atoms with van der Waals surface area (Å²) in [4.78, 5) is 19.5. The molecule has 3 aromatic carbocycles. The highest BCUT2D eigenvalue weighted by Gasteiger charge is 2.22. The lowest BCUT2D eigenvalue weighted by atomic mass is 10.1. The van der Waals surface area contributed by atoms with E-state index in [4.69, 9.17) is 4.74 Å². The number of carbonyl (C=O) groups excluding carboxylic acids is 1. The predicted octanol–water partition coefficient (Wildman–Crippen LogP) is 5.68. The summed E-state index contributed by atoms with van der Waals surface area (Å²) < 4.78 is 20.2. The van der Waals surface area contributed by atoms with E-state index in [1.807, 2.05) is 55.5 Å². The van der Waals surface area contributed by atoms with Gasteiger partial charge in [0.15, 0.2) is 5.13 Å². The Morgan fingerprint density at radius 1 is 1.07 bits per heavy atom. The Hall–Kier alpha value is -3.25. The number of aromatic nitrogens is 1. The molecule has 0 aliphatic rings. The molecule has 0 saturated heterocycles. The summed E-state index contributed by atoms with van der Waals surface area (Å²) in [7, 11) is 0. The van der Waals surface area contributed by atoms with E-state index in [2.05, 4.69) is 4.98 Å². The van der Waals surface area contributed by atoms with Gasteiger partial charge in [-0.25, -0.2) is 9.37 Å². The summed E-state index contributed by atoms with van der Waals surface area (Å²) in [6.07, 6.45) is 0. The first-order chi connectivity index (χ1) is 14.1. The number of ether oxygens (including phenoxy) is 1. The molecule has 0 fully saturated rings. The second-order valence-electron chi connectivity index (χ2n) is 6.45. The van der Waals surface area contributed by atoms with Crippen molar-refractivity contribution in [3.05, 3.63) is 89.7 Å². The van der Waals surface area contributed by atoms with Crippen LogP contribution in [-0.4, -0.2) is 17.5 Å². The molecule has 0 aliphatic carbocycles. The van der Waals surface area contributed by atoms with Crippen LogP contribution in [0.1, 0.15) is 22.8 Å². The fraction of sp³-hybridized carbons (Fsp3) is 0.130. The van der Waals surface area contributed by atoms with Gasteiger partial charge < -0.3 is 4.74 Å². The van der Waals surface area contributed by atoms with Crippen molar-refractivity contribution >= 4 is 32.6 Å². The fourth-order valence-corrected chi connectivity index (χ4v) is 4.03. The number of thiazole rings is 1. The normalized spacial score (nSPS) is 10.8. The van der Waals surface area contributed by atoms with Gasteiger partial charge in [0.1, 0.15) is 11.6 Å². The average Bonchev–Trinajstić information content (AvgIpc) is 3.15. The van der Waals surface area contributed by atoms with Gasteiger partial charge in [-0.1, -0.05) is 47.7 Å². The Bertz CT molecular complexity index is 1140. The Balaban J connectivity index is 1.75. The number of benzene rings is 3. The Morgan fingerprint density at radius 3 is 2.66 bits per heavy atom. The largest absolute Gasteiger partial charge is 0.494 e. The van der Waals surface area contributed by atoms with Crippen molar-refractivity contribution in [3.8, 4) is 5.75 Å². The van der Waals surface area contributed by atoms with Gasteiger partial charge in [-0.2, -0.15) is 0 Å². The molecule has 1 heterocycles. The summed E-state index contributed by atoms with van der Waals surface area (Å²) >= 11 is 1.41. The molecule has 4 nitrogen and oxygen atoms in total. The van der Waals surface area contributed by atoms with Crippen LogP contribution in [0, 0.1) is 5.82 Å². The quantitative estimate of drug-likeness (QED) is 0.414. The molecule has 0 N–H and O–H groups in total. The maximum absolute atomic E-state index is 13.7. The van der Waals surface area contributed by atoms with Gasteiger partial charge in [0, 0.05) is 5.56 Å². The SMILES string of the molecule is CCOc1ccc2nc(N(Cc3ccccc3)C(=O)c3cccc(F)c3)sc2c1. The molecule has 1 amide bonds. The summed E-state index contributed by atoms with van der Waals surface area (Å²) in [6.45, 7) is 2.85. The predicted molar refractivity (Wildman–Crippen MR) is 114 cm³/mol. The minimum Gasteiger partial charge on any atom is -0.494 e. The number of fused-ring (bicyclic) bond motifs is 1. The molecule has 0 bridgehead atoms. The zero-order valence-electron chi connectivity index (χ0n) is 15.8. The van der Waals surface area contributed by atoms with Crippen LogP contribution in [-0.2, 0) is 6.54 Å². The van der Waals surface area contributed by atoms with Crippen LogP contribution in [0.4, 0.5) is 9.52 Å². The fourth-order valence-electron chi connectivity index (χ4n) is 3.03. The van der Waals surface area contributed by atoms with Crippen LogP contribution in [0.15, 0.2) is 72.8 Å². The van der Waals surface area contributed by atoms with Crippen LogP contribution >= 0.6 is 11.3 Å². The van der Waals surface area contributed by atoms with Gasteiger partial charge in [0.2, 0.25) is 0 Å². The number of carbonyl (C=O) groups is 1. The van der Waals surface area contributed by atoms with E-state index in [1.165, 1.54) is 29.5 Å². The van der Waals surface area contributed by atoms with Gasteiger partial charge in [-0.15, -0.1) is 0 Å². The second kappa shape index (κ2) is 8.41. The summed E-state index contributed by atoms with van der Waals surface area (Å²) in [5.41, 5.74) is 2.04. The Kier molecular flexibility index (Phi) is 5.53. The molecule has 0 radical (unpaired) electrons. The first-order valence-corrected chi connectivity index (χ1v) is 10.1. The van der Waals surface area contributed by atoms with E-state index in [-0.39, 0.29) is 11.5 Å². The molecule has 29 heavy (non-hydrogen) atoms. The van der Waals surface area contributed by atoms with Gasteiger partial charge in [-0.3, -0.25) is 9.69 Å². The molecular formula is C23H19FN2O2S. The lowest BCUT2D eigenvalue weighted by molar-refractivity contribution is 0.0984. The highest BCUT2D eigenvalue weighted by atomic mass is 32.1. The maximum atomic E-state index is 13.7. The van der Waals surface area contributed by atoms with Crippen molar-refractivity contribution in [1.29, 1.82) is 0 Å². The standard InChI is InChI=1S/C23H19FN2O2S/c1-2-28-19-11-12-20-21(14-19)29-23(25-20)26(15-16-7-4-3-5-8-16)22(27)17-9-6-10-18(24)13-17/h3-14H,2,15H2,1H3. The van der Waals surface area contributed by atoms with Gasteiger partial charge in [0.05, 0.1) is 23.4 Å². The molecule has 1 aromatic heterocycles. The van der Waals surface area contributed by atoms with Crippen molar-refractivity contribution in [3.63, 3.8) is 0 Å². The van der Waals surface area contributed by atoms with E-state index >= 15 is 0 Å². The molecular weight excluding hydrogens is 387 g/mol. The van der Waals surface area contributed by atoms with E-state index in [0.29, 0.717) is 18.3 Å². The first kappa shape index (κ1) is 19.1. The van der Waals surface area contributed by atoms with Crippen LogP contribution in [0.25, 0.3) is 10.2 Å². The number of rotatable bonds is 6. The number of nitrogens with zero attached hydrogens (tertiary/aromatic N) is 2. The van der Waals surface area contributed by atoms with E-state index in [0.717, 1.165) is 21.5 Å². The number of hydrogen-bond acceptors (Lipinski definition) is 4. The topological polar surface area (TPSA) is 42.4 Å². The lowest BCUT2D eigenvalue weighted by Gasteiger charge is -2.20. The monoisotopic (exact) mass is 406 g/mol. The van der Waals surface area contributed by atoms with Crippen molar-refractivity contribution < 1.29 is 13.9 Å². The van der Waals surface area contributed by atoms with E-state index < -0.39 is 5.82 Å². The second-order valence-corrected chi connectivity index (χ2v) is 7.46. The summed E-state index contributed by atoms with van der Waals surface area (Å²) in [6, 6.07) is 21.1. The molecule has 0 spiro atoms. The summed E-state index contributed by atoms with van der Waals surface area (Å²) in [5, 5.41) is 0.562. The maximum Gasteiger partial charge on any atom is 0.260 e. The smallest absolute Gasteiger partial charge is 0.260 e. The third-order valence-corrected chi connectivity index (χ3v) is 5.43. The minimum absolute atomic E-state index is 0.287. The van der Waals surface area contributed by atoms with Crippen molar-refractivity contribution in [2.24, 2.45) is 0 Å². The highest BCUT2D eigenvalue weighted by molar-refractivity contribution is 7.22. The van der Waals surface area contributed by atoms with E-state index in [1.54, 1.807) is 11.0 Å². The zero-order valence-corrected chi connectivity index (χ0v) is 16.7. The lowest BCUT2D eigenvalue weighted by Crippen LogP contribution is -2.30. The number of anilines is 1. The highest BCUT2D eigenvalue weighted by Crippen LogP contribution is 2.33. The van der Waals surface area contributed by atoms with Crippen molar-refractivity contribution in [1.82, 2.24) is 4.98 Å². The summed E-state index contributed by atoms with van der Waals surface area (Å²) in [5.74, 6) is 0.0277. The van der Waals surface area contributed by atoms with Crippen LogP contribution in [0.5, 0.6) is 5.75 Å². The molecule has 0 aliphatic heterocycles. The third kappa shape index (κ3) is 4.27. The molecule has 0 atom stereocenters. The Labute approximate surface area is 172 Å². The van der Waals surface area contributed by atoms with Crippen molar-refractivity contribution in [2.45, 2.75) is 13.5 Å². The van der Waals surface area contributed by atoms with Gasteiger partial charge in [0.25, 0.3) is 5.91 Å². The molecule has 0 unspecified atom stereocenters. The Morgan fingerprint density at radius 2 is 1.90 bits per heavy atom. The van der Waals surface area contributed by atoms with Crippen LogP contribution in [0.2, 0.25) is 0 Å². The number of halogens is 1. The van der Waals surface area contributed by atoms with E-state index in [9.17, 15) is 9.18 Å². The number of amides is 1. The third-order valence-electron chi connectivity index (χ3n) is 4.39. The molecule has 6 heteroatoms. The minimum atomic E-state index is -0.443. The van der Waals surface area contributed by atoms with Crippen LogP contribution in [0.3, 0.4) is 0 Å². The number of hydrogen-bond donors (Lipinski definition) is 0. The molecule has 4 rings (SSSR count).